The highest BCUT2D eigenvalue weighted by molar-refractivity contribution is 6.97. The van der Waals surface area contributed by atoms with Crippen LogP contribution in [0.15, 0.2) is 308 Å². The first-order chi connectivity index (χ1) is 38.3. The van der Waals surface area contributed by atoms with E-state index in [1.165, 1.54) is 83.1 Å². The molecule has 0 nitrogen and oxygen atoms in total. The molecule has 0 aliphatic rings. The summed E-state index contributed by atoms with van der Waals surface area (Å²) in [4.78, 5) is 0. The molecule has 0 aliphatic carbocycles. The Morgan fingerprint density at radius 3 is 0.663 bits per heavy atom. The van der Waals surface area contributed by atoms with E-state index >= 15 is 0 Å². The van der Waals surface area contributed by atoms with Gasteiger partial charge in [-0.25, -0.2) is 0 Å². The van der Waals surface area contributed by atoms with Gasteiger partial charge in [0.15, 0.2) is 0 Å². The van der Waals surface area contributed by atoms with Crippen LogP contribution in [0.5, 0.6) is 0 Å². The van der Waals surface area contributed by atoms with E-state index in [-0.39, 0.29) is 0 Å². The topological polar surface area (TPSA) is 0 Å². The smallest absolute Gasteiger partial charge is 0.303 e. The van der Waals surface area contributed by atoms with Crippen molar-refractivity contribution >= 4 is 82.4 Å². The van der Waals surface area contributed by atoms with Crippen LogP contribution in [0.25, 0.3) is 0 Å². The van der Waals surface area contributed by atoms with E-state index in [0.717, 1.165) is 6.04 Å². The fraction of sp³-hybridized carbons (Fsp3) is 0.265. The third-order valence-corrected chi connectivity index (χ3v) is 39.9. The van der Waals surface area contributed by atoms with Crippen molar-refractivity contribution in [3.8, 4) is 0 Å². The normalized spacial score (nSPS) is 10.5. The van der Waals surface area contributed by atoms with Crippen LogP contribution < -0.4 is 0 Å². The predicted octanol–water partition coefficient (Wildman–Crippen LogP) is 24.4. The largest absolute Gasteiger partial charge is 0.472 e. The monoisotopic (exact) mass is 1310 g/mol. The third kappa shape index (κ3) is 56.2. The third-order valence-electron chi connectivity index (χ3n) is 13.3. The van der Waals surface area contributed by atoms with Crippen LogP contribution in [-0.2, 0) is 0 Å². The molecule has 0 saturated heterocycles. The molecule has 15 heteroatoms. The molecular formula is C68H121F5Si10. The molecule has 0 N–H and O–H groups in total. The second kappa shape index (κ2) is 57.7. The Kier molecular flexibility index (Phi) is 69.8. The van der Waals surface area contributed by atoms with Crippen molar-refractivity contribution in [1.29, 1.82) is 0 Å². The molecule has 0 radical (unpaired) electrons. The van der Waals surface area contributed by atoms with Gasteiger partial charge < -0.3 is 8.22 Å². The minimum absolute atomic E-state index is 0.556. The predicted molar refractivity (Wildman–Crippen MR) is 414 cm³/mol. The number of hydrogen-bond acceptors (Lipinski definition) is 0. The lowest BCUT2D eigenvalue weighted by Crippen LogP contribution is -2.27. The molecular weight excluding hydrogens is 1190 g/mol. The maximum atomic E-state index is 12.9. The van der Waals surface area contributed by atoms with Crippen molar-refractivity contribution in [3.63, 3.8) is 0 Å². The molecule has 0 amide bonds. The van der Waals surface area contributed by atoms with E-state index in [1.54, 1.807) is 0 Å². The average molecular weight is 1310 g/mol. The van der Waals surface area contributed by atoms with Crippen molar-refractivity contribution in [3.05, 3.63) is 308 Å². The zero-order valence-electron chi connectivity index (χ0n) is 54.7. The van der Waals surface area contributed by atoms with E-state index in [1.807, 2.05) is 75.3 Å². The summed E-state index contributed by atoms with van der Waals surface area (Å²) >= 11 is 0. The summed E-state index contributed by atoms with van der Waals surface area (Å²) in [6.45, 7) is 110. The summed E-state index contributed by atoms with van der Waals surface area (Å²) in [7, 11) is -20.0. The van der Waals surface area contributed by atoms with E-state index in [4.69, 9.17) is 0 Å². The van der Waals surface area contributed by atoms with Gasteiger partial charge in [-0.3, -0.25) is 12.3 Å². The molecule has 0 bridgehead atoms. The molecule has 0 fully saturated rings. The zero-order chi connectivity index (χ0) is 68.3. The molecule has 0 aliphatic heterocycles. The number of hydrogen-bond donors (Lipinski definition) is 0. The van der Waals surface area contributed by atoms with Gasteiger partial charge in [0.05, 0.1) is 24.2 Å². The Labute approximate surface area is 523 Å². The van der Waals surface area contributed by atoms with Gasteiger partial charge in [0.2, 0.25) is 0 Å². The van der Waals surface area contributed by atoms with E-state index < -0.39 is 82.4 Å². The van der Waals surface area contributed by atoms with Crippen LogP contribution in [0.4, 0.5) is 20.5 Å². The highest BCUT2D eigenvalue weighted by Crippen LogP contribution is 2.23. The van der Waals surface area contributed by atoms with Gasteiger partial charge >= 0.3 is 17.1 Å². The maximum absolute atomic E-state index is 12.9. The standard InChI is InChI=1S/C10H20Si.C8H16Si.C8H14Si.C8H12Si.C7H12Si.C6H11FSi.C6H9FSi.C6H12Si.C5H9FSi.C4H6F2Si/c1-5-8-11(4,9-6-2)10-7-3;3*1-5-9(6-2,7-3)8-4;1-5-8(4,6-2)7-3;2*1-4-8(7,5-2)6-3;1-5-7(3,4)6-2;1-4-7(3,6)5-2;1-3-7(5,6)4-2/h5-6H,1-2,7-10H2,3-4H3;5-6H,1-2,7-8H2,3-4H3;5-7H,1-3,8H2,4H3;5-8H,1-4H2;5-7H,1-3H2,4H3;4-5H,1-2,6H2,3H3;4-6H,1-3H2;5-6H,1-2H2,3-4H3;4-5H,1-2H2,3H3;3-4H,1-2H2. The Morgan fingerprint density at radius 1 is 0.313 bits per heavy atom. The molecule has 0 rings (SSSR count). The highest BCUT2D eigenvalue weighted by Gasteiger charge is 2.25. The Morgan fingerprint density at radius 2 is 0.627 bits per heavy atom. The first kappa shape index (κ1) is 100. The van der Waals surface area contributed by atoms with Gasteiger partial charge in [-0.2, -0.15) is 0 Å². The Hall–Kier alpha value is -4.68. The molecule has 468 valence electrons. The summed E-state index contributed by atoms with van der Waals surface area (Å²) in [6, 6.07) is 8.07. The SMILES string of the molecule is C=CC[Si](C)(CC=C)CCC.C=C[Si](C)(C)C=C.C=C[Si](C)(C=C)C=C.C=C[Si](C)(F)C=C.C=C[Si](C=C)(C=C)C=C.C=C[Si](C=C)(C=C)CC.C=C[Si](C=C)(CC)CC.C=C[Si](F)(C=C)C=C.C=C[Si](F)(C=C)CC.C=C[Si](F)(F)C=C. The van der Waals surface area contributed by atoms with Gasteiger partial charge in [0.25, 0.3) is 16.8 Å². The van der Waals surface area contributed by atoms with Crippen LogP contribution >= 0.6 is 0 Å². The van der Waals surface area contributed by atoms with Crippen molar-refractivity contribution in [1.82, 2.24) is 0 Å². The number of rotatable bonds is 33. The van der Waals surface area contributed by atoms with Gasteiger partial charge in [0, 0.05) is 0 Å². The average Bonchev–Trinajstić information content (AvgIpc) is 3.52. The zero-order valence-corrected chi connectivity index (χ0v) is 64.7. The maximum Gasteiger partial charge on any atom is 0.472 e. The molecule has 83 heavy (non-hydrogen) atoms. The lowest BCUT2D eigenvalue weighted by Gasteiger charge is -2.23. The Balaban J connectivity index is -0.0000000894. The molecule has 0 aromatic heterocycles. The summed E-state index contributed by atoms with van der Waals surface area (Å²) in [5, 5.41) is 0. The van der Waals surface area contributed by atoms with Crippen molar-refractivity contribution in [2.45, 2.75) is 116 Å². The quantitative estimate of drug-likeness (QED) is 0.0266. The second-order valence-corrected chi connectivity index (χ2v) is 57.1. The fourth-order valence-electron chi connectivity index (χ4n) is 4.80. The molecule has 0 atom stereocenters. The van der Waals surface area contributed by atoms with Crippen molar-refractivity contribution in [2.24, 2.45) is 0 Å². The van der Waals surface area contributed by atoms with Crippen LogP contribution in [0.1, 0.15) is 41.0 Å². The highest BCUT2D eigenvalue weighted by atomic mass is 28.4. The molecule has 0 saturated carbocycles. The lowest BCUT2D eigenvalue weighted by atomic mass is 10.6. The second-order valence-electron chi connectivity index (χ2n) is 19.8. The molecule has 0 heterocycles. The van der Waals surface area contributed by atoms with Gasteiger partial charge in [-0.15, -0.1) is 164 Å². The Bertz CT molecular complexity index is 1790. The van der Waals surface area contributed by atoms with E-state index in [2.05, 4.69) is 242 Å². The first-order valence-electron chi connectivity index (χ1n) is 27.6. The van der Waals surface area contributed by atoms with Crippen LogP contribution in [0.2, 0.25) is 75.0 Å². The van der Waals surface area contributed by atoms with Gasteiger partial charge in [-0.05, 0) is 42.1 Å². The number of halogens is 5. The van der Waals surface area contributed by atoms with Crippen LogP contribution in [0.3, 0.4) is 0 Å². The minimum Gasteiger partial charge on any atom is -0.303 e. The molecule has 0 spiro atoms. The van der Waals surface area contributed by atoms with Crippen molar-refractivity contribution in [2.75, 3.05) is 0 Å². The van der Waals surface area contributed by atoms with Crippen LogP contribution in [0, 0.1) is 0 Å². The minimum atomic E-state index is -4.12. The van der Waals surface area contributed by atoms with Gasteiger partial charge in [0.1, 0.15) is 24.2 Å². The molecule has 0 aromatic rings. The number of allylic oxidation sites excluding steroid dienone is 2. The molecule has 0 unspecified atom stereocenters. The summed E-state index contributed by atoms with van der Waals surface area (Å²) in [5.41, 5.74) is 38.4. The van der Waals surface area contributed by atoms with E-state index in [0.29, 0.717) is 17.4 Å². The summed E-state index contributed by atoms with van der Waals surface area (Å²) in [6.07, 6.45) is 5.46. The fourth-order valence-corrected chi connectivity index (χ4v) is 14.4. The molecule has 0 aromatic carbocycles. The van der Waals surface area contributed by atoms with Gasteiger partial charge in [-0.1, -0.05) is 217 Å². The summed E-state index contributed by atoms with van der Waals surface area (Å²) in [5.74, 6) is 0. The van der Waals surface area contributed by atoms with E-state index in [9.17, 15) is 20.5 Å². The van der Waals surface area contributed by atoms with Crippen molar-refractivity contribution < 1.29 is 20.5 Å². The summed E-state index contributed by atoms with van der Waals surface area (Å²) < 4.78 is 61.7. The first-order valence-corrected chi connectivity index (χ1v) is 52.7. The van der Waals surface area contributed by atoms with Crippen LogP contribution in [-0.4, -0.2) is 82.4 Å². The lowest BCUT2D eigenvalue weighted by molar-refractivity contribution is 0.651.